The maximum absolute atomic E-state index is 12.0. The first-order valence-corrected chi connectivity index (χ1v) is 10.6. The maximum atomic E-state index is 12.0. The van der Waals surface area contributed by atoms with Gasteiger partial charge in [0.25, 0.3) is 0 Å². The Labute approximate surface area is 132 Å². The molecule has 0 aromatic heterocycles. The van der Waals surface area contributed by atoms with E-state index >= 15 is 0 Å². The van der Waals surface area contributed by atoms with Crippen molar-refractivity contribution in [3.8, 4) is 0 Å². The summed E-state index contributed by atoms with van der Waals surface area (Å²) in [5.41, 5.74) is -0.158. The molecule has 0 aliphatic rings. The highest BCUT2D eigenvalue weighted by Gasteiger charge is 2.29. The quantitative estimate of drug-likeness (QED) is 0.284. The van der Waals surface area contributed by atoms with Crippen molar-refractivity contribution >= 4 is 7.60 Å². The molecule has 2 atom stereocenters. The summed E-state index contributed by atoms with van der Waals surface area (Å²) in [6.07, 6.45) is 15.1. The third kappa shape index (κ3) is 11.4. The SMILES string of the molecule is CCCCCCCCCCC(CCCCC)P(=O)(O)OC. The van der Waals surface area contributed by atoms with Crippen LogP contribution in [0.3, 0.4) is 0 Å². The van der Waals surface area contributed by atoms with Crippen molar-refractivity contribution in [2.75, 3.05) is 7.11 Å². The summed E-state index contributed by atoms with van der Waals surface area (Å²) in [6, 6.07) is 0. The van der Waals surface area contributed by atoms with Crippen molar-refractivity contribution in [2.24, 2.45) is 0 Å². The molecule has 0 rings (SSSR count). The highest BCUT2D eigenvalue weighted by molar-refractivity contribution is 7.53. The van der Waals surface area contributed by atoms with E-state index in [1.165, 1.54) is 52.1 Å². The predicted molar refractivity (Wildman–Crippen MR) is 92.0 cm³/mol. The van der Waals surface area contributed by atoms with Crippen molar-refractivity contribution in [3.05, 3.63) is 0 Å². The van der Waals surface area contributed by atoms with Gasteiger partial charge >= 0.3 is 7.60 Å². The largest absolute Gasteiger partial charge is 0.330 e. The van der Waals surface area contributed by atoms with E-state index in [1.54, 1.807) is 0 Å². The van der Waals surface area contributed by atoms with Gasteiger partial charge in [-0.2, -0.15) is 0 Å². The normalized spacial score (nSPS) is 15.8. The summed E-state index contributed by atoms with van der Waals surface area (Å²) in [5.74, 6) is 0. The van der Waals surface area contributed by atoms with Gasteiger partial charge in [-0.15, -0.1) is 0 Å². The zero-order valence-electron chi connectivity index (χ0n) is 14.5. The van der Waals surface area contributed by atoms with Crippen molar-refractivity contribution < 1.29 is 14.0 Å². The van der Waals surface area contributed by atoms with Gasteiger partial charge < -0.3 is 9.42 Å². The van der Waals surface area contributed by atoms with Gasteiger partial charge in [-0.25, -0.2) is 0 Å². The van der Waals surface area contributed by atoms with E-state index in [2.05, 4.69) is 13.8 Å². The first-order valence-electron chi connectivity index (χ1n) is 8.96. The van der Waals surface area contributed by atoms with Crippen molar-refractivity contribution in [3.63, 3.8) is 0 Å². The zero-order valence-corrected chi connectivity index (χ0v) is 15.4. The highest BCUT2D eigenvalue weighted by atomic mass is 31.2. The number of hydrogen-bond donors (Lipinski definition) is 1. The summed E-state index contributed by atoms with van der Waals surface area (Å²) in [6.45, 7) is 4.39. The van der Waals surface area contributed by atoms with Crippen LogP contribution in [0.2, 0.25) is 0 Å². The topological polar surface area (TPSA) is 46.5 Å². The fraction of sp³-hybridized carbons (Fsp3) is 1.00. The van der Waals surface area contributed by atoms with Crippen molar-refractivity contribution in [1.29, 1.82) is 0 Å². The molecule has 0 aromatic carbocycles. The molecule has 0 aliphatic heterocycles. The van der Waals surface area contributed by atoms with Gasteiger partial charge in [-0.05, 0) is 12.8 Å². The van der Waals surface area contributed by atoms with E-state index in [0.717, 1.165) is 38.5 Å². The van der Waals surface area contributed by atoms with Crippen LogP contribution in [-0.2, 0) is 9.09 Å². The summed E-state index contributed by atoms with van der Waals surface area (Å²) in [4.78, 5) is 9.92. The number of unbranched alkanes of at least 4 members (excludes halogenated alkanes) is 9. The molecule has 0 aliphatic carbocycles. The van der Waals surface area contributed by atoms with Crippen LogP contribution in [-0.4, -0.2) is 17.7 Å². The molecule has 0 saturated heterocycles. The molecule has 128 valence electrons. The molecule has 3 nitrogen and oxygen atoms in total. The lowest BCUT2D eigenvalue weighted by Gasteiger charge is -2.21. The van der Waals surface area contributed by atoms with Gasteiger partial charge in [0.05, 0.1) is 5.66 Å². The molecule has 0 fully saturated rings. The number of hydrogen-bond acceptors (Lipinski definition) is 2. The van der Waals surface area contributed by atoms with Crippen LogP contribution in [0.5, 0.6) is 0 Å². The van der Waals surface area contributed by atoms with Crippen LogP contribution in [0.4, 0.5) is 0 Å². The van der Waals surface area contributed by atoms with Crippen LogP contribution in [0.15, 0.2) is 0 Å². The molecule has 4 heteroatoms. The van der Waals surface area contributed by atoms with E-state index in [4.69, 9.17) is 4.52 Å². The third-order valence-electron chi connectivity index (χ3n) is 4.25. The Balaban J connectivity index is 3.83. The summed E-state index contributed by atoms with van der Waals surface area (Å²) in [5, 5.41) is 0. The first kappa shape index (κ1) is 21.1. The lowest BCUT2D eigenvalue weighted by molar-refractivity contribution is 0.296. The Kier molecular flexibility index (Phi) is 13.9. The predicted octanol–water partition coefficient (Wildman–Crippen LogP) is 6.30. The second-order valence-corrected chi connectivity index (χ2v) is 8.38. The van der Waals surface area contributed by atoms with Crippen LogP contribution >= 0.6 is 7.60 Å². The summed E-state index contributed by atoms with van der Waals surface area (Å²) in [7, 11) is -2.03. The van der Waals surface area contributed by atoms with E-state index in [0.29, 0.717) is 0 Å². The van der Waals surface area contributed by atoms with Gasteiger partial charge in [-0.1, -0.05) is 84.5 Å². The zero-order chi connectivity index (χ0) is 16.0. The lowest BCUT2D eigenvalue weighted by Crippen LogP contribution is -2.10. The Morgan fingerprint density at radius 3 is 1.67 bits per heavy atom. The van der Waals surface area contributed by atoms with Gasteiger partial charge in [0.2, 0.25) is 0 Å². The van der Waals surface area contributed by atoms with Gasteiger partial charge in [-0.3, -0.25) is 4.57 Å². The summed E-state index contributed by atoms with van der Waals surface area (Å²) >= 11 is 0. The smallest absolute Gasteiger partial charge is 0.324 e. The van der Waals surface area contributed by atoms with E-state index in [-0.39, 0.29) is 5.66 Å². The molecule has 2 unspecified atom stereocenters. The van der Waals surface area contributed by atoms with E-state index in [9.17, 15) is 9.46 Å². The second-order valence-electron chi connectivity index (χ2n) is 6.16. The van der Waals surface area contributed by atoms with Crippen molar-refractivity contribution in [2.45, 2.75) is 103 Å². The van der Waals surface area contributed by atoms with Crippen LogP contribution in [0.1, 0.15) is 97.3 Å². The molecule has 0 saturated carbocycles. The monoisotopic (exact) mass is 320 g/mol. The standard InChI is InChI=1S/C17H37O3P/c1-4-6-8-9-10-11-12-14-16-17(15-13-7-5-2)21(18,19)20-3/h17H,4-16H2,1-3H3,(H,18,19). The minimum atomic E-state index is -3.39. The third-order valence-corrected chi connectivity index (χ3v) is 6.22. The molecular formula is C17H37O3P. The molecule has 0 spiro atoms. The summed E-state index contributed by atoms with van der Waals surface area (Å²) < 4.78 is 16.9. The Morgan fingerprint density at radius 1 is 0.810 bits per heavy atom. The molecule has 0 amide bonds. The van der Waals surface area contributed by atoms with E-state index in [1.807, 2.05) is 0 Å². The Hall–Kier alpha value is 0.150. The number of rotatable bonds is 15. The van der Waals surface area contributed by atoms with Gasteiger partial charge in [0.1, 0.15) is 0 Å². The molecule has 21 heavy (non-hydrogen) atoms. The Morgan fingerprint density at radius 2 is 1.19 bits per heavy atom. The molecule has 0 bridgehead atoms. The molecule has 1 N–H and O–H groups in total. The molecule has 0 radical (unpaired) electrons. The van der Waals surface area contributed by atoms with Crippen LogP contribution in [0, 0.1) is 0 Å². The second kappa shape index (κ2) is 13.8. The Bertz CT molecular complexity index is 269. The average molecular weight is 320 g/mol. The fourth-order valence-electron chi connectivity index (χ4n) is 2.76. The van der Waals surface area contributed by atoms with Gasteiger partial charge in [0.15, 0.2) is 0 Å². The van der Waals surface area contributed by atoms with Crippen LogP contribution in [0.25, 0.3) is 0 Å². The first-order chi connectivity index (χ1) is 10.1. The average Bonchev–Trinajstić information content (AvgIpc) is 2.48. The minimum Gasteiger partial charge on any atom is -0.324 e. The lowest BCUT2D eigenvalue weighted by atomic mass is 10.0. The van der Waals surface area contributed by atoms with Crippen molar-refractivity contribution in [1.82, 2.24) is 0 Å². The maximum Gasteiger partial charge on any atom is 0.330 e. The van der Waals surface area contributed by atoms with E-state index < -0.39 is 7.60 Å². The minimum absolute atomic E-state index is 0.158. The molecule has 0 heterocycles. The highest BCUT2D eigenvalue weighted by Crippen LogP contribution is 2.50. The molecular weight excluding hydrogens is 283 g/mol. The van der Waals surface area contributed by atoms with Gasteiger partial charge in [0, 0.05) is 7.11 Å². The fourth-order valence-corrected chi connectivity index (χ4v) is 4.08. The van der Waals surface area contributed by atoms with Crippen LogP contribution < -0.4 is 0 Å². The molecule has 0 aromatic rings.